The quantitative estimate of drug-likeness (QED) is 0.560. The number of amides is 1. The summed E-state index contributed by atoms with van der Waals surface area (Å²) in [7, 11) is 0.970. The van der Waals surface area contributed by atoms with Gasteiger partial charge in [0, 0.05) is 0 Å². The molecule has 0 radical (unpaired) electrons. The number of nitrogens with one attached hydrogen (secondary N) is 1. The van der Waals surface area contributed by atoms with E-state index in [1.807, 2.05) is 0 Å². The number of hydrogen-bond donors (Lipinski definition) is 1. The first kappa shape index (κ1) is 24.4. The lowest BCUT2D eigenvalue weighted by Crippen LogP contribution is -2.47. The smallest absolute Gasteiger partial charge is 0.416 e. The van der Waals surface area contributed by atoms with Crippen LogP contribution in [0.15, 0.2) is 18.2 Å². The maximum Gasteiger partial charge on any atom is 0.416 e. The number of hydrogen-bond acceptors (Lipinski definition) is 5. The molecule has 1 N–H and O–H groups in total. The molecule has 0 aliphatic rings. The molecule has 1 amide bonds. The second kappa shape index (κ2) is 8.78. The third kappa shape index (κ3) is 8.08. The first-order chi connectivity index (χ1) is 13.0. The average Bonchev–Trinajstić information content (AvgIpc) is 2.54. The Morgan fingerprint density at radius 2 is 1.45 bits per heavy atom. The maximum atomic E-state index is 12.9. The zero-order chi connectivity index (χ0) is 22.6. The van der Waals surface area contributed by atoms with E-state index in [-0.39, 0.29) is 6.07 Å². The summed E-state index contributed by atoms with van der Waals surface area (Å²) in [6, 6.07) is -0.920. The van der Waals surface area contributed by atoms with Crippen molar-refractivity contribution in [2.24, 2.45) is 0 Å². The third-order valence-electron chi connectivity index (χ3n) is 3.15. The largest absolute Gasteiger partial charge is 0.491 e. The molecule has 0 aromatic heterocycles. The zero-order valence-corrected chi connectivity index (χ0v) is 15.8. The number of carbonyl (C=O) groups is 2. The van der Waals surface area contributed by atoms with Gasteiger partial charge in [-0.1, -0.05) is 0 Å². The number of esters is 1. The van der Waals surface area contributed by atoms with Crippen molar-refractivity contribution >= 4 is 12.1 Å². The van der Waals surface area contributed by atoms with E-state index in [1.165, 1.54) is 20.8 Å². The Labute approximate surface area is 162 Å². The van der Waals surface area contributed by atoms with Crippen molar-refractivity contribution in [3.05, 3.63) is 29.3 Å². The number of ether oxygens (including phenoxy) is 3. The lowest BCUT2D eigenvalue weighted by molar-refractivity contribution is -0.145. The molecule has 6 nitrogen and oxygen atoms in total. The number of alkyl halides is 6. The van der Waals surface area contributed by atoms with E-state index in [9.17, 15) is 35.9 Å². The van der Waals surface area contributed by atoms with Gasteiger partial charge in [-0.15, -0.1) is 0 Å². The van der Waals surface area contributed by atoms with E-state index in [4.69, 9.17) is 9.47 Å². The van der Waals surface area contributed by atoms with Gasteiger partial charge < -0.3 is 19.5 Å². The minimum atomic E-state index is -5.06. The Morgan fingerprint density at radius 3 is 1.83 bits per heavy atom. The van der Waals surface area contributed by atoms with Crippen LogP contribution in [0.5, 0.6) is 5.75 Å². The predicted octanol–water partition coefficient (Wildman–Crippen LogP) is 4.17. The molecule has 1 rings (SSSR count). The maximum absolute atomic E-state index is 12.9. The molecule has 0 unspecified atom stereocenters. The van der Waals surface area contributed by atoms with Gasteiger partial charge in [-0.05, 0) is 39.0 Å². The molecule has 0 fully saturated rings. The van der Waals surface area contributed by atoms with Crippen molar-refractivity contribution in [1.82, 2.24) is 5.32 Å². The van der Waals surface area contributed by atoms with Gasteiger partial charge in [0.25, 0.3) is 0 Å². The van der Waals surface area contributed by atoms with Crippen molar-refractivity contribution in [2.75, 3.05) is 13.7 Å². The molecule has 12 heteroatoms. The molecule has 1 aromatic carbocycles. The number of carbonyl (C=O) groups excluding carboxylic acids is 2. The zero-order valence-electron chi connectivity index (χ0n) is 15.8. The highest BCUT2D eigenvalue weighted by Gasteiger charge is 2.37. The van der Waals surface area contributed by atoms with Crippen LogP contribution < -0.4 is 10.1 Å². The first-order valence-electron chi connectivity index (χ1n) is 8.02. The van der Waals surface area contributed by atoms with Gasteiger partial charge in [0.2, 0.25) is 0 Å². The van der Waals surface area contributed by atoms with Crippen LogP contribution in [0.3, 0.4) is 0 Å². The SMILES string of the molecule is COC(=O)[C@@H](COc1cc(C(F)(F)F)cc(C(F)(F)F)c1)NC(=O)OC(C)(C)C. The summed E-state index contributed by atoms with van der Waals surface area (Å²) in [5, 5.41) is 2.08. The fraction of sp³-hybridized carbons (Fsp3) is 0.529. The van der Waals surface area contributed by atoms with Crippen LogP contribution in [0.1, 0.15) is 31.9 Å². The van der Waals surface area contributed by atoms with Crippen molar-refractivity contribution in [2.45, 2.75) is 44.8 Å². The van der Waals surface area contributed by atoms with Crippen LogP contribution in [-0.2, 0) is 26.6 Å². The van der Waals surface area contributed by atoms with Gasteiger partial charge in [-0.2, -0.15) is 26.3 Å². The van der Waals surface area contributed by atoms with Gasteiger partial charge in [-0.25, -0.2) is 9.59 Å². The highest BCUT2D eigenvalue weighted by atomic mass is 19.4. The summed E-state index contributed by atoms with van der Waals surface area (Å²) in [4.78, 5) is 23.5. The Bertz CT molecular complexity index is 707. The van der Waals surface area contributed by atoms with Gasteiger partial charge in [0.05, 0.1) is 18.2 Å². The molecule has 164 valence electrons. The summed E-state index contributed by atoms with van der Waals surface area (Å²) < 4.78 is 91.6. The van der Waals surface area contributed by atoms with Crippen LogP contribution >= 0.6 is 0 Å². The Morgan fingerprint density at radius 1 is 0.966 bits per heavy atom. The van der Waals surface area contributed by atoms with E-state index < -0.39 is 59.5 Å². The Kier molecular flexibility index (Phi) is 7.38. The molecular weight excluding hydrogens is 412 g/mol. The number of methoxy groups -OCH3 is 1. The van der Waals surface area contributed by atoms with Crippen molar-refractivity contribution < 1.29 is 50.1 Å². The van der Waals surface area contributed by atoms with E-state index in [0.29, 0.717) is 12.1 Å². The lowest BCUT2D eigenvalue weighted by Gasteiger charge is -2.23. The molecule has 0 saturated heterocycles. The van der Waals surface area contributed by atoms with Gasteiger partial charge in [0.15, 0.2) is 6.04 Å². The normalized spacial score (nSPS) is 13.4. The molecular formula is C17H19F6NO5. The fourth-order valence-electron chi connectivity index (χ4n) is 1.95. The van der Waals surface area contributed by atoms with Crippen LogP contribution in [0, 0.1) is 0 Å². The minimum Gasteiger partial charge on any atom is -0.491 e. The number of benzene rings is 1. The van der Waals surface area contributed by atoms with Crippen LogP contribution in [0.2, 0.25) is 0 Å². The van der Waals surface area contributed by atoms with E-state index >= 15 is 0 Å². The van der Waals surface area contributed by atoms with Crippen molar-refractivity contribution in [3.8, 4) is 5.75 Å². The molecule has 0 aliphatic heterocycles. The number of halogens is 6. The topological polar surface area (TPSA) is 73.9 Å². The van der Waals surface area contributed by atoms with Crippen molar-refractivity contribution in [1.29, 1.82) is 0 Å². The molecule has 0 aliphatic carbocycles. The highest BCUT2D eigenvalue weighted by Crippen LogP contribution is 2.38. The molecule has 1 aromatic rings. The summed E-state index contributed by atoms with van der Waals surface area (Å²) in [5.74, 6) is -1.84. The molecule has 1 atom stereocenters. The molecule has 0 heterocycles. The molecule has 0 saturated carbocycles. The summed E-state index contributed by atoms with van der Waals surface area (Å²) in [5.41, 5.74) is -4.09. The van der Waals surface area contributed by atoms with E-state index in [1.54, 1.807) is 0 Å². The second-order valence-electron chi connectivity index (χ2n) is 6.77. The van der Waals surface area contributed by atoms with Gasteiger partial charge >= 0.3 is 24.4 Å². The summed E-state index contributed by atoms with van der Waals surface area (Å²) in [6.07, 6.45) is -11.2. The van der Waals surface area contributed by atoms with Crippen molar-refractivity contribution in [3.63, 3.8) is 0 Å². The minimum absolute atomic E-state index is 0.0659. The average molecular weight is 431 g/mol. The summed E-state index contributed by atoms with van der Waals surface area (Å²) in [6.45, 7) is 3.82. The van der Waals surface area contributed by atoms with Crippen LogP contribution in [0.4, 0.5) is 31.1 Å². The molecule has 29 heavy (non-hydrogen) atoms. The third-order valence-corrected chi connectivity index (χ3v) is 3.15. The van der Waals surface area contributed by atoms with E-state index in [2.05, 4.69) is 10.1 Å². The lowest BCUT2D eigenvalue weighted by atomic mass is 10.1. The molecule has 0 bridgehead atoms. The van der Waals surface area contributed by atoms with Crippen LogP contribution in [-0.4, -0.2) is 37.4 Å². The van der Waals surface area contributed by atoms with Crippen LogP contribution in [0.25, 0.3) is 0 Å². The first-order valence-corrected chi connectivity index (χ1v) is 8.02. The summed E-state index contributed by atoms with van der Waals surface area (Å²) >= 11 is 0. The fourth-order valence-corrected chi connectivity index (χ4v) is 1.95. The number of rotatable bonds is 5. The monoisotopic (exact) mass is 431 g/mol. The van der Waals surface area contributed by atoms with Gasteiger partial charge in [0.1, 0.15) is 18.0 Å². The van der Waals surface area contributed by atoms with E-state index in [0.717, 1.165) is 7.11 Å². The molecule has 0 spiro atoms. The second-order valence-corrected chi connectivity index (χ2v) is 6.77. The Hall–Kier alpha value is -2.66. The highest BCUT2D eigenvalue weighted by molar-refractivity contribution is 5.81. The number of alkyl carbamates (subject to hydrolysis) is 1. The standard InChI is InChI=1S/C17H19F6NO5/c1-15(2,3)29-14(26)24-12(13(25)27-4)8-28-11-6-9(16(18,19)20)5-10(7-11)17(21,22)23/h5-7,12H,8H2,1-4H3,(H,24,26)/t12-/m1/s1. The Balaban J connectivity index is 3.06. The van der Waals surface area contributed by atoms with Gasteiger partial charge in [-0.3, -0.25) is 0 Å². The predicted molar refractivity (Wildman–Crippen MR) is 87.1 cm³/mol.